The summed E-state index contributed by atoms with van der Waals surface area (Å²) in [6, 6.07) is 6.90. The number of aryl methyl sites for hydroxylation is 1. The Morgan fingerprint density at radius 3 is 2.63 bits per heavy atom. The van der Waals surface area contributed by atoms with Gasteiger partial charge in [0.15, 0.2) is 6.61 Å². The maximum Gasteiger partial charge on any atom is 0.260 e. The lowest BCUT2D eigenvalue weighted by atomic mass is 10.0. The number of carbonyl (C=O) groups is 1. The van der Waals surface area contributed by atoms with E-state index in [1.165, 1.54) is 11.3 Å². The molecule has 164 valence electrons. The highest BCUT2D eigenvalue weighted by molar-refractivity contribution is 7.91. The van der Waals surface area contributed by atoms with Crippen LogP contribution in [0.3, 0.4) is 0 Å². The van der Waals surface area contributed by atoms with Gasteiger partial charge in [0.1, 0.15) is 9.96 Å². The van der Waals surface area contributed by atoms with E-state index in [0.29, 0.717) is 40.9 Å². The molecule has 1 amide bonds. The third-order valence-corrected chi connectivity index (χ3v) is 8.52. The number of carbonyl (C=O) groups excluding carboxylic acids is 1. The van der Waals surface area contributed by atoms with Gasteiger partial charge in [-0.3, -0.25) is 4.79 Å². The van der Waals surface area contributed by atoms with Gasteiger partial charge in [-0.25, -0.2) is 13.1 Å². The minimum atomic E-state index is -3.49. The van der Waals surface area contributed by atoms with Gasteiger partial charge in [0.05, 0.1) is 0 Å². The van der Waals surface area contributed by atoms with Gasteiger partial charge in [-0.05, 0) is 60.4 Å². The summed E-state index contributed by atoms with van der Waals surface area (Å²) >= 11 is 7.42. The Bertz CT molecular complexity index is 983. The van der Waals surface area contributed by atoms with Crippen LogP contribution < -0.4 is 9.46 Å². The normalized spacial score (nSPS) is 15.6. The predicted molar refractivity (Wildman–Crippen MR) is 120 cm³/mol. The molecule has 6 nitrogen and oxygen atoms in total. The molecule has 0 aliphatic carbocycles. The number of nitrogens with zero attached hydrogens (tertiary/aromatic N) is 1. The fraction of sp³-hybridized carbons (Fsp3) is 0.476. The van der Waals surface area contributed by atoms with Gasteiger partial charge >= 0.3 is 0 Å². The van der Waals surface area contributed by atoms with Crippen LogP contribution >= 0.6 is 22.9 Å². The van der Waals surface area contributed by atoms with Crippen LogP contribution in [-0.4, -0.2) is 45.0 Å². The van der Waals surface area contributed by atoms with Crippen molar-refractivity contribution < 1.29 is 17.9 Å². The summed E-state index contributed by atoms with van der Waals surface area (Å²) in [6.07, 6.45) is 1.15. The number of rotatable bonds is 7. The summed E-state index contributed by atoms with van der Waals surface area (Å²) in [7, 11) is -3.49. The molecule has 0 saturated carbocycles. The van der Waals surface area contributed by atoms with E-state index in [1.54, 1.807) is 22.4 Å². The number of thiophene rings is 1. The van der Waals surface area contributed by atoms with Crippen molar-refractivity contribution >= 4 is 38.9 Å². The van der Waals surface area contributed by atoms with Crippen LogP contribution in [-0.2, 0) is 14.8 Å². The number of halogens is 1. The lowest BCUT2D eigenvalue weighted by molar-refractivity contribution is -0.134. The Morgan fingerprint density at radius 2 is 2.03 bits per heavy atom. The summed E-state index contributed by atoms with van der Waals surface area (Å²) in [5.74, 6) is 0.802. The minimum absolute atomic E-state index is 0.0492. The third kappa shape index (κ3) is 5.55. The van der Waals surface area contributed by atoms with Gasteiger partial charge in [0.2, 0.25) is 10.0 Å². The van der Waals surface area contributed by atoms with Crippen molar-refractivity contribution in [2.75, 3.05) is 19.7 Å². The molecule has 0 spiro atoms. The number of hydrogen-bond donors (Lipinski definition) is 1. The topological polar surface area (TPSA) is 75.7 Å². The van der Waals surface area contributed by atoms with E-state index in [4.69, 9.17) is 16.3 Å². The maximum atomic E-state index is 12.6. The SMILES string of the molecule is Cc1cc(OCC(=O)N2CCC(NS(=O)(=O)c3cccs3)CC2)c(C(C)C)cc1Cl. The molecule has 30 heavy (non-hydrogen) atoms. The first-order chi connectivity index (χ1) is 14.2. The zero-order valence-electron chi connectivity index (χ0n) is 17.4. The van der Waals surface area contributed by atoms with Crippen LogP contribution in [0.5, 0.6) is 5.75 Å². The molecule has 0 atom stereocenters. The highest BCUT2D eigenvalue weighted by Crippen LogP contribution is 2.32. The first kappa shape index (κ1) is 23.1. The number of benzene rings is 1. The average Bonchev–Trinajstić information content (AvgIpc) is 3.24. The van der Waals surface area contributed by atoms with Crippen LogP contribution in [0.2, 0.25) is 5.02 Å². The molecule has 1 fully saturated rings. The third-order valence-electron chi connectivity index (χ3n) is 5.19. The Kier molecular flexibility index (Phi) is 7.44. The van der Waals surface area contributed by atoms with Crippen molar-refractivity contribution in [3.63, 3.8) is 0 Å². The van der Waals surface area contributed by atoms with E-state index in [1.807, 2.05) is 19.1 Å². The number of piperidine rings is 1. The van der Waals surface area contributed by atoms with Crippen molar-refractivity contribution in [3.05, 3.63) is 45.8 Å². The number of hydrogen-bond acceptors (Lipinski definition) is 5. The Balaban J connectivity index is 1.53. The number of likely N-dealkylation sites (tertiary alicyclic amines) is 1. The molecular weight excluding hydrogens is 444 g/mol. The summed E-state index contributed by atoms with van der Waals surface area (Å²) in [5.41, 5.74) is 1.88. The predicted octanol–water partition coefficient (Wildman–Crippen LogP) is 4.18. The second kappa shape index (κ2) is 9.68. The quantitative estimate of drug-likeness (QED) is 0.658. The largest absolute Gasteiger partial charge is 0.483 e. The van der Waals surface area contributed by atoms with Gasteiger partial charge in [-0.2, -0.15) is 0 Å². The molecule has 0 bridgehead atoms. The molecule has 1 aliphatic rings. The van der Waals surface area contributed by atoms with Gasteiger partial charge in [0, 0.05) is 24.2 Å². The van der Waals surface area contributed by atoms with Crippen LogP contribution in [0.4, 0.5) is 0 Å². The number of ether oxygens (including phenoxy) is 1. The van der Waals surface area contributed by atoms with Crippen LogP contribution in [0.15, 0.2) is 33.9 Å². The smallest absolute Gasteiger partial charge is 0.260 e. The lowest BCUT2D eigenvalue weighted by Gasteiger charge is -2.32. The Labute approximate surface area is 187 Å². The molecule has 3 rings (SSSR count). The lowest BCUT2D eigenvalue weighted by Crippen LogP contribution is -2.47. The molecule has 1 saturated heterocycles. The second-order valence-corrected chi connectivity index (χ2v) is 11.1. The van der Waals surface area contributed by atoms with E-state index in [2.05, 4.69) is 18.6 Å². The molecule has 1 N–H and O–H groups in total. The summed E-state index contributed by atoms with van der Waals surface area (Å²) in [4.78, 5) is 14.4. The van der Waals surface area contributed by atoms with Gasteiger partial charge < -0.3 is 9.64 Å². The van der Waals surface area contributed by atoms with E-state index < -0.39 is 10.0 Å². The zero-order chi connectivity index (χ0) is 21.9. The van der Waals surface area contributed by atoms with E-state index in [-0.39, 0.29) is 24.5 Å². The molecule has 9 heteroatoms. The molecule has 0 unspecified atom stereocenters. The van der Waals surface area contributed by atoms with Crippen molar-refractivity contribution in [1.82, 2.24) is 9.62 Å². The molecule has 2 aromatic rings. The minimum Gasteiger partial charge on any atom is -0.483 e. The highest BCUT2D eigenvalue weighted by Gasteiger charge is 2.27. The fourth-order valence-corrected chi connectivity index (χ4v) is 5.90. The van der Waals surface area contributed by atoms with Crippen LogP contribution in [0.25, 0.3) is 0 Å². The van der Waals surface area contributed by atoms with E-state index in [9.17, 15) is 13.2 Å². The Hall–Kier alpha value is -1.61. The van der Waals surface area contributed by atoms with Crippen molar-refractivity contribution in [2.24, 2.45) is 0 Å². The van der Waals surface area contributed by atoms with Crippen molar-refractivity contribution in [1.29, 1.82) is 0 Å². The molecule has 1 aromatic heterocycles. The van der Waals surface area contributed by atoms with Gasteiger partial charge in [-0.15, -0.1) is 11.3 Å². The standard InChI is InChI=1S/C21H27ClN2O4S2/c1-14(2)17-12-18(22)15(3)11-19(17)28-13-20(25)24-8-6-16(7-9-24)23-30(26,27)21-5-4-10-29-21/h4-5,10-12,14,16,23H,6-9,13H2,1-3H3. The molecule has 1 aliphatic heterocycles. The molecule has 0 radical (unpaired) electrons. The van der Waals surface area contributed by atoms with Gasteiger partial charge in [0.25, 0.3) is 5.91 Å². The molecule has 2 heterocycles. The number of sulfonamides is 1. The highest BCUT2D eigenvalue weighted by atomic mass is 35.5. The number of amides is 1. The van der Waals surface area contributed by atoms with E-state index >= 15 is 0 Å². The summed E-state index contributed by atoms with van der Waals surface area (Å²) in [6.45, 7) is 6.96. The van der Waals surface area contributed by atoms with Crippen molar-refractivity contribution in [2.45, 2.75) is 49.8 Å². The fourth-order valence-electron chi connectivity index (χ4n) is 3.42. The van der Waals surface area contributed by atoms with Crippen LogP contribution in [0.1, 0.15) is 43.7 Å². The Morgan fingerprint density at radius 1 is 1.33 bits per heavy atom. The van der Waals surface area contributed by atoms with Gasteiger partial charge in [-0.1, -0.05) is 31.5 Å². The van der Waals surface area contributed by atoms with E-state index in [0.717, 1.165) is 11.1 Å². The first-order valence-electron chi connectivity index (χ1n) is 9.94. The molecule has 1 aromatic carbocycles. The first-order valence-corrected chi connectivity index (χ1v) is 12.7. The maximum absolute atomic E-state index is 12.6. The summed E-state index contributed by atoms with van der Waals surface area (Å²) in [5, 5.41) is 2.42. The molecular formula is C21H27ClN2O4S2. The number of nitrogens with one attached hydrogen (secondary N) is 1. The second-order valence-electron chi connectivity index (χ2n) is 7.79. The average molecular weight is 471 g/mol. The van der Waals surface area contributed by atoms with Crippen molar-refractivity contribution in [3.8, 4) is 5.75 Å². The zero-order valence-corrected chi connectivity index (χ0v) is 19.7. The summed E-state index contributed by atoms with van der Waals surface area (Å²) < 4.78 is 33.6. The van der Waals surface area contributed by atoms with Crippen LogP contribution in [0, 0.1) is 6.92 Å². The monoisotopic (exact) mass is 470 g/mol.